The van der Waals surface area contributed by atoms with Gasteiger partial charge in [-0.2, -0.15) is 4.98 Å². The maximum Gasteiger partial charge on any atom is 0.223 e. The van der Waals surface area contributed by atoms with Gasteiger partial charge in [0.2, 0.25) is 5.89 Å². The van der Waals surface area contributed by atoms with Crippen LogP contribution < -0.4 is 5.32 Å². The number of rotatable bonds is 5. The van der Waals surface area contributed by atoms with E-state index in [1.807, 2.05) is 6.92 Å². The minimum Gasteiger partial charge on any atom is -0.340 e. The van der Waals surface area contributed by atoms with E-state index < -0.39 is 0 Å². The maximum absolute atomic E-state index is 4.92. The second-order valence-corrected chi connectivity index (χ2v) is 4.83. The molecular formula is C12H22N4O. The van der Waals surface area contributed by atoms with Gasteiger partial charge in [0.05, 0.1) is 6.54 Å². The van der Waals surface area contributed by atoms with Gasteiger partial charge >= 0.3 is 0 Å². The van der Waals surface area contributed by atoms with Crippen molar-refractivity contribution in [3.63, 3.8) is 0 Å². The number of piperidine rings is 1. The van der Waals surface area contributed by atoms with Crippen molar-refractivity contribution in [1.82, 2.24) is 20.4 Å². The van der Waals surface area contributed by atoms with Gasteiger partial charge in [0, 0.05) is 13.0 Å². The smallest absolute Gasteiger partial charge is 0.223 e. The molecule has 1 aromatic heterocycles. The summed E-state index contributed by atoms with van der Waals surface area (Å²) in [6, 6.07) is 0.739. The lowest BCUT2D eigenvalue weighted by Gasteiger charge is -2.32. The average molecular weight is 238 g/mol. The monoisotopic (exact) mass is 238 g/mol. The Morgan fingerprint density at radius 3 is 3.06 bits per heavy atom. The lowest BCUT2D eigenvalue weighted by molar-refractivity contribution is 0.175. The third kappa shape index (κ3) is 3.78. The van der Waals surface area contributed by atoms with Crippen LogP contribution in [0.5, 0.6) is 0 Å². The summed E-state index contributed by atoms with van der Waals surface area (Å²) in [7, 11) is 2.23. The molecule has 1 saturated heterocycles. The Bertz CT molecular complexity index is 339. The van der Waals surface area contributed by atoms with Crippen LogP contribution in [-0.2, 0) is 6.54 Å². The molecule has 0 bridgehead atoms. The highest BCUT2D eigenvalue weighted by atomic mass is 16.5. The number of nitrogens with one attached hydrogen (secondary N) is 1. The fraction of sp³-hybridized carbons (Fsp3) is 0.833. The third-order valence-electron chi connectivity index (χ3n) is 3.43. The van der Waals surface area contributed by atoms with Gasteiger partial charge in [-0.05, 0) is 39.4 Å². The van der Waals surface area contributed by atoms with Crippen molar-refractivity contribution < 1.29 is 4.52 Å². The number of likely N-dealkylation sites (tertiary alicyclic amines) is 1. The van der Waals surface area contributed by atoms with Gasteiger partial charge in [-0.25, -0.2) is 0 Å². The first-order valence-corrected chi connectivity index (χ1v) is 6.46. The standard InChI is InChI=1S/C12H22N4O/c1-10-14-12(15-17-10)9-13-7-6-11-5-3-4-8-16(11)2/h11,13H,3-9H2,1-2H3. The molecule has 5 heteroatoms. The largest absolute Gasteiger partial charge is 0.340 e. The van der Waals surface area contributed by atoms with Crippen molar-refractivity contribution in [2.45, 2.75) is 45.2 Å². The Morgan fingerprint density at radius 2 is 2.35 bits per heavy atom. The van der Waals surface area contributed by atoms with Crippen molar-refractivity contribution in [2.24, 2.45) is 0 Å². The van der Waals surface area contributed by atoms with Crippen LogP contribution in [0.1, 0.15) is 37.4 Å². The quantitative estimate of drug-likeness (QED) is 0.785. The molecule has 0 radical (unpaired) electrons. The fourth-order valence-corrected chi connectivity index (χ4v) is 2.39. The second-order valence-electron chi connectivity index (χ2n) is 4.83. The van der Waals surface area contributed by atoms with Crippen LogP contribution in [0.3, 0.4) is 0 Å². The Balaban J connectivity index is 1.62. The topological polar surface area (TPSA) is 54.2 Å². The second kappa shape index (κ2) is 6.12. The molecule has 1 aliphatic heterocycles. The number of hydrogen-bond acceptors (Lipinski definition) is 5. The molecule has 1 unspecified atom stereocenters. The van der Waals surface area contributed by atoms with E-state index >= 15 is 0 Å². The van der Waals surface area contributed by atoms with E-state index in [-0.39, 0.29) is 0 Å². The lowest BCUT2D eigenvalue weighted by Crippen LogP contribution is -2.38. The zero-order chi connectivity index (χ0) is 12.1. The summed E-state index contributed by atoms with van der Waals surface area (Å²) in [6.45, 7) is 4.78. The molecule has 1 fully saturated rings. The highest BCUT2D eigenvalue weighted by Gasteiger charge is 2.17. The third-order valence-corrected chi connectivity index (χ3v) is 3.43. The summed E-state index contributed by atoms with van der Waals surface area (Å²) >= 11 is 0. The van der Waals surface area contributed by atoms with Crippen molar-refractivity contribution >= 4 is 0 Å². The summed E-state index contributed by atoms with van der Waals surface area (Å²) in [5.74, 6) is 1.38. The Morgan fingerprint density at radius 1 is 1.47 bits per heavy atom. The predicted octanol–water partition coefficient (Wildman–Crippen LogP) is 1.34. The van der Waals surface area contributed by atoms with Gasteiger partial charge < -0.3 is 14.7 Å². The zero-order valence-corrected chi connectivity index (χ0v) is 10.8. The number of nitrogens with zero attached hydrogens (tertiary/aromatic N) is 3. The molecule has 96 valence electrons. The van der Waals surface area contributed by atoms with Crippen molar-refractivity contribution in [2.75, 3.05) is 20.1 Å². The summed E-state index contributed by atoms with van der Waals surface area (Å²) in [5.41, 5.74) is 0. The van der Waals surface area contributed by atoms with Gasteiger partial charge in [0.25, 0.3) is 0 Å². The van der Waals surface area contributed by atoms with E-state index in [2.05, 4.69) is 27.4 Å². The molecule has 17 heavy (non-hydrogen) atoms. The van der Waals surface area contributed by atoms with Gasteiger partial charge in [-0.1, -0.05) is 11.6 Å². The lowest BCUT2D eigenvalue weighted by atomic mass is 10.0. The van der Waals surface area contributed by atoms with E-state index in [1.54, 1.807) is 0 Å². The van der Waals surface area contributed by atoms with Gasteiger partial charge in [-0.3, -0.25) is 0 Å². The molecule has 2 heterocycles. The molecule has 1 aliphatic rings. The first kappa shape index (κ1) is 12.5. The highest BCUT2D eigenvalue weighted by molar-refractivity contribution is 4.83. The van der Waals surface area contributed by atoms with E-state index in [4.69, 9.17) is 4.52 Å². The molecule has 0 spiro atoms. The van der Waals surface area contributed by atoms with Crippen LogP contribution in [0.4, 0.5) is 0 Å². The van der Waals surface area contributed by atoms with Gasteiger partial charge in [0.15, 0.2) is 5.82 Å². The van der Waals surface area contributed by atoms with Gasteiger partial charge in [-0.15, -0.1) is 0 Å². The van der Waals surface area contributed by atoms with Crippen LogP contribution in [0, 0.1) is 6.92 Å². The molecule has 0 aromatic carbocycles. The first-order valence-electron chi connectivity index (χ1n) is 6.46. The summed E-state index contributed by atoms with van der Waals surface area (Å²) in [4.78, 5) is 6.64. The minimum absolute atomic E-state index is 0.633. The van der Waals surface area contributed by atoms with Crippen LogP contribution in [0.25, 0.3) is 0 Å². The van der Waals surface area contributed by atoms with E-state index in [0.29, 0.717) is 12.4 Å². The number of aryl methyl sites for hydroxylation is 1. The SMILES string of the molecule is Cc1nc(CNCCC2CCCCN2C)no1. The molecule has 0 aliphatic carbocycles. The molecule has 1 atom stereocenters. The van der Waals surface area contributed by atoms with Crippen LogP contribution in [0.15, 0.2) is 4.52 Å². The molecule has 0 amide bonds. The van der Waals surface area contributed by atoms with Crippen LogP contribution >= 0.6 is 0 Å². The molecule has 2 rings (SSSR count). The zero-order valence-electron chi connectivity index (χ0n) is 10.8. The Labute approximate surface area is 103 Å². The average Bonchev–Trinajstić information content (AvgIpc) is 2.73. The first-order chi connectivity index (χ1) is 8.25. The Hall–Kier alpha value is -0.940. The van der Waals surface area contributed by atoms with Crippen molar-refractivity contribution in [3.05, 3.63) is 11.7 Å². The van der Waals surface area contributed by atoms with Crippen molar-refractivity contribution in [3.8, 4) is 0 Å². The summed E-state index contributed by atoms with van der Waals surface area (Å²) in [5, 5.41) is 7.23. The van der Waals surface area contributed by atoms with E-state index in [9.17, 15) is 0 Å². The van der Waals surface area contributed by atoms with E-state index in [0.717, 1.165) is 18.4 Å². The van der Waals surface area contributed by atoms with Gasteiger partial charge in [0.1, 0.15) is 0 Å². The van der Waals surface area contributed by atoms with Crippen LogP contribution in [0.2, 0.25) is 0 Å². The molecule has 0 saturated carbocycles. The summed E-state index contributed by atoms with van der Waals surface area (Å²) < 4.78 is 4.92. The van der Waals surface area contributed by atoms with Crippen LogP contribution in [-0.4, -0.2) is 41.2 Å². The minimum atomic E-state index is 0.633. The molecular weight excluding hydrogens is 216 g/mol. The molecule has 1 aromatic rings. The summed E-state index contributed by atoms with van der Waals surface area (Å²) in [6.07, 6.45) is 5.26. The highest BCUT2D eigenvalue weighted by Crippen LogP contribution is 2.16. The van der Waals surface area contributed by atoms with E-state index in [1.165, 1.54) is 32.2 Å². The molecule has 5 nitrogen and oxygen atoms in total. The van der Waals surface area contributed by atoms with Crippen molar-refractivity contribution in [1.29, 1.82) is 0 Å². The maximum atomic E-state index is 4.92. The number of aromatic nitrogens is 2. The predicted molar refractivity (Wildman–Crippen MR) is 65.6 cm³/mol. The Kier molecular flexibility index (Phi) is 4.50. The number of hydrogen-bond donors (Lipinski definition) is 1. The normalized spacial score (nSPS) is 21.9. The fourth-order valence-electron chi connectivity index (χ4n) is 2.39. The molecule has 1 N–H and O–H groups in total.